The Bertz CT molecular complexity index is 1550. The van der Waals surface area contributed by atoms with E-state index in [2.05, 4.69) is 4.98 Å². The molecule has 2 heterocycles. The van der Waals surface area contributed by atoms with Gasteiger partial charge in [-0.3, -0.25) is 14.1 Å². The second kappa shape index (κ2) is 10.1. The molecular weight excluding hydrogens is 488 g/mol. The number of fused-ring (bicyclic) bond motifs is 1. The van der Waals surface area contributed by atoms with Crippen molar-refractivity contribution in [2.24, 2.45) is 0 Å². The molecule has 37 heavy (non-hydrogen) atoms. The standard InChI is InChI=1S/C29H26N2O5S/c1-20-7-5-10-24(17-20)37(34,35)31-19-23(13-15-28(32)33)36-27-14-12-22(18-26(27)31)25-11-6-16-30-29(25)21-8-3-2-4-9-21/h2-12,14,16-18,23H,13,15,19H2,1H3,(H,32,33)/t23-/m0/s1. The molecule has 0 unspecified atom stereocenters. The zero-order chi connectivity index (χ0) is 26.0. The third kappa shape index (κ3) is 5.06. The minimum absolute atomic E-state index is 0.0125. The number of aliphatic carboxylic acids is 1. The average molecular weight is 515 g/mol. The van der Waals surface area contributed by atoms with Crippen LogP contribution in [0.25, 0.3) is 22.4 Å². The quantitative estimate of drug-likeness (QED) is 0.348. The van der Waals surface area contributed by atoms with Crippen LogP contribution < -0.4 is 9.04 Å². The summed E-state index contributed by atoms with van der Waals surface area (Å²) in [5.41, 5.74) is 4.62. The lowest BCUT2D eigenvalue weighted by atomic mass is 9.98. The Hall–Kier alpha value is -4.17. The minimum Gasteiger partial charge on any atom is -0.486 e. The van der Waals surface area contributed by atoms with Crippen LogP contribution in [0.1, 0.15) is 18.4 Å². The van der Waals surface area contributed by atoms with Crippen molar-refractivity contribution in [1.29, 1.82) is 0 Å². The summed E-state index contributed by atoms with van der Waals surface area (Å²) >= 11 is 0. The van der Waals surface area contributed by atoms with Gasteiger partial charge < -0.3 is 9.84 Å². The molecule has 5 rings (SSSR count). The Morgan fingerprint density at radius 1 is 1.00 bits per heavy atom. The first kappa shape index (κ1) is 24.5. The van der Waals surface area contributed by atoms with E-state index in [0.717, 1.165) is 27.9 Å². The first-order chi connectivity index (χ1) is 17.8. The fourth-order valence-electron chi connectivity index (χ4n) is 4.51. The number of hydrogen-bond donors (Lipinski definition) is 1. The number of hydrogen-bond acceptors (Lipinski definition) is 5. The number of aryl methyl sites for hydroxylation is 1. The minimum atomic E-state index is -3.94. The number of ether oxygens (including phenoxy) is 1. The largest absolute Gasteiger partial charge is 0.486 e. The third-order valence-electron chi connectivity index (χ3n) is 6.31. The molecule has 0 radical (unpaired) electrons. The van der Waals surface area contributed by atoms with E-state index in [0.29, 0.717) is 11.4 Å². The lowest BCUT2D eigenvalue weighted by molar-refractivity contribution is -0.137. The molecule has 188 valence electrons. The summed E-state index contributed by atoms with van der Waals surface area (Å²) in [5.74, 6) is -0.561. The molecule has 0 fully saturated rings. The van der Waals surface area contributed by atoms with E-state index >= 15 is 0 Å². The number of carboxylic acids is 1. The van der Waals surface area contributed by atoms with Crippen molar-refractivity contribution in [1.82, 2.24) is 4.98 Å². The van der Waals surface area contributed by atoms with Gasteiger partial charge in [-0.1, -0.05) is 54.6 Å². The Labute approximate surface area is 216 Å². The van der Waals surface area contributed by atoms with Crippen molar-refractivity contribution in [2.75, 3.05) is 10.8 Å². The van der Waals surface area contributed by atoms with Crippen molar-refractivity contribution in [2.45, 2.75) is 30.8 Å². The van der Waals surface area contributed by atoms with E-state index in [-0.39, 0.29) is 24.3 Å². The van der Waals surface area contributed by atoms with Crippen molar-refractivity contribution >= 4 is 21.7 Å². The maximum atomic E-state index is 13.9. The summed E-state index contributed by atoms with van der Waals surface area (Å²) in [7, 11) is -3.94. The SMILES string of the molecule is Cc1cccc(S(=O)(=O)N2C[C@H](CCC(=O)O)Oc3ccc(-c4cccnc4-c4ccccc4)cc32)c1. The number of rotatable bonds is 7. The molecule has 1 aliphatic heterocycles. The van der Waals surface area contributed by atoms with Crippen LogP contribution in [0.4, 0.5) is 5.69 Å². The van der Waals surface area contributed by atoms with E-state index in [1.165, 1.54) is 4.31 Å². The molecule has 0 saturated carbocycles. The summed E-state index contributed by atoms with van der Waals surface area (Å²) in [4.78, 5) is 16.0. The van der Waals surface area contributed by atoms with Crippen molar-refractivity contribution in [3.8, 4) is 28.1 Å². The van der Waals surface area contributed by atoms with Crippen LogP contribution in [0, 0.1) is 6.92 Å². The van der Waals surface area contributed by atoms with Crippen molar-refractivity contribution in [3.05, 3.63) is 96.7 Å². The number of benzene rings is 3. The number of nitrogens with zero attached hydrogens (tertiary/aromatic N) is 2. The summed E-state index contributed by atoms with van der Waals surface area (Å²) in [6.45, 7) is 1.85. The lowest BCUT2D eigenvalue weighted by Gasteiger charge is -2.36. The number of sulfonamides is 1. The number of anilines is 1. The maximum Gasteiger partial charge on any atom is 0.303 e. The second-order valence-electron chi connectivity index (χ2n) is 8.97. The first-order valence-electron chi connectivity index (χ1n) is 12.0. The molecule has 4 aromatic rings. The Morgan fingerprint density at radius 3 is 2.57 bits per heavy atom. The molecule has 1 atom stereocenters. The zero-order valence-electron chi connectivity index (χ0n) is 20.2. The molecule has 1 aliphatic rings. The van der Waals surface area contributed by atoms with Crippen LogP contribution in [0.15, 0.2) is 96.0 Å². The predicted octanol–water partition coefficient (Wildman–Crippen LogP) is 5.55. The molecule has 8 heteroatoms. The molecule has 3 aromatic carbocycles. The Balaban J connectivity index is 1.62. The summed E-state index contributed by atoms with van der Waals surface area (Å²) < 4.78 is 35.2. The summed E-state index contributed by atoms with van der Waals surface area (Å²) in [5, 5.41) is 9.16. The van der Waals surface area contributed by atoms with E-state index in [1.54, 1.807) is 36.5 Å². The van der Waals surface area contributed by atoms with Crippen LogP contribution in [-0.4, -0.2) is 37.1 Å². The average Bonchev–Trinajstić information content (AvgIpc) is 2.91. The van der Waals surface area contributed by atoms with Gasteiger partial charge in [-0.25, -0.2) is 8.42 Å². The number of pyridine rings is 1. The predicted molar refractivity (Wildman–Crippen MR) is 142 cm³/mol. The topological polar surface area (TPSA) is 96.8 Å². The highest BCUT2D eigenvalue weighted by Gasteiger charge is 2.35. The van der Waals surface area contributed by atoms with Crippen molar-refractivity contribution < 1.29 is 23.1 Å². The van der Waals surface area contributed by atoms with Crippen LogP contribution in [0.3, 0.4) is 0 Å². The van der Waals surface area contributed by atoms with E-state index in [1.807, 2.05) is 61.5 Å². The van der Waals surface area contributed by atoms with Gasteiger partial charge >= 0.3 is 5.97 Å². The van der Waals surface area contributed by atoms with Crippen LogP contribution in [0.5, 0.6) is 5.75 Å². The molecule has 0 amide bonds. The van der Waals surface area contributed by atoms with Gasteiger partial charge in [-0.2, -0.15) is 0 Å². The van der Waals surface area contributed by atoms with Gasteiger partial charge in [0.25, 0.3) is 10.0 Å². The van der Waals surface area contributed by atoms with E-state index in [4.69, 9.17) is 9.84 Å². The summed E-state index contributed by atoms with van der Waals surface area (Å²) in [6, 6.07) is 25.8. The second-order valence-corrected chi connectivity index (χ2v) is 10.8. The van der Waals surface area contributed by atoms with Gasteiger partial charge in [0.1, 0.15) is 11.9 Å². The Kier molecular flexibility index (Phi) is 6.67. The molecule has 1 aromatic heterocycles. The van der Waals surface area contributed by atoms with Crippen LogP contribution >= 0.6 is 0 Å². The van der Waals surface area contributed by atoms with Gasteiger partial charge in [0.15, 0.2) is 0 Å². The van der Waals surface area contributed by atoms with Gasteiger partial charge in [0.2, 0.25) is 0 Å². The third-order valence-corrected chi connectivity index (χ3v) is 8.09. The van der Waals surface area contributed by atoms with Gasteiger partial charge in [0.05, 0.1) is 22.8 Å². The molecule has 1 N–H and O–H groups in total. The summed E-state index contributed by atoms with van der Waals surface area (Å²) in [6.07, 6.45) is 1.21. The molecule has 0 spiro atoms. The molecule has 0 saturated heterocycles. The fraction of sp³-hybridized carbons (Fsp3) is 0.172. The first-order valence-corrected chi connectivity index (χ1v) is 13.4. The van der Waals surface area contributed by atoms with Gasteiger partial charge in [-0.05, 0) is 54.8 Å². The van der Waals surface area contributed by atoms with Crippen LogP contribution in [-0.2, 0) is 14.8 Å². The molecule has 7 nitrogen and oxygen atoms in total. The molecule has 0 aliphatic carbocycles. The van der Waals surface area contributed by atoms with Crippen molar-refractivity contribution in [3.63, 3.8) is 0 Å². The highest BCUT2D eigenvalue weighted by molar-refractivity contribution is 7.92. The highest BCUT2D eigenvalue weighted by Crippen LogP contribution is 2.42. The number of carboxylic acid groups (broad SMARTS) is 1. The molecule has 0 bridgehead atoms. The number of aromatic nitrogens is 1. The highest BCUT2D eigenvalue weighted by atomic mass is 32.2. The van der Waals surface area contributed by atoms with Crippen LogP contribution in [0.2, 0.25) is 0 Å². The monoisotopic (exact) mass is 514 g/mol. The maximum absolute atomic E-state index is 13.9. The smallest absolute Gasteiger partial charge is 0.303 e. The number of carbonyl (C=O) groups is 1. The van der Waals surface area contributed by atoms with Gasteiger partial charge in [0, 0.05) is 23.7 Å². The zero-order valence-corrected chi connectivity index (χ0v) is 21.1. The van der Waals surface area contributed by atoms with E-state index in [9.17, 15) is 13.2 Å². The molecular formula is C29H26N2O5S. The fourth-order valence-corrected chi connectivity index (χ4v) is 6.11. The Morgan fingerprint density at radius 2 is 1.81 bits per heavy atom. The van der Waals surface area contributed by atoms with E-state index < -0.39 is 22.1 Å². The normalized spacial score (nSPS) is 15.1. The van der Waals surface area contributed by atoms with Gasteiger partial charge in [-0.15, -0.1) is 0 Å². The lowest BCUT2D eigenvalue weighted by Crippen LogP contribution is -2.43.